The van der Waals surface area contributed by atoms with Crippen LogP contribution in [-0.2, 0) is 0 Å². The molecule has 220 valence electrons. The zero-order chi connectivity index (χ0) is 30.8. The Hall–Kier alpha value is -4.56. The Kier molecular flexibility index (Phi) is 11.0. The molecule has 43 heavy (non-hydrogen) atoms. The first kappa shape index (κ1) is 31.4. The molecule has 0 aromatic heterocycles. The van der Waals surface area contributed by atoms with E-state index in [1.807, 2.05) is 38.1 Å². The Bertz CT molecular complexity index is 1570. The highest BCUT2D eigenvalue weighted by atomic mass is 14.9. The third-order valence-corrected chi connectivity index (χ3v) is 8.09. The van der Waals surface area contributed by atoms with Crippen LogP contribution < -0.4 is 10.6 Å². The van der Waals surface area contributed by atoms with E-state index in [2.05, 4.69) is 136 Å². The second kappa shape index (κ2) is 15.1. The van der Waals surface area contributed by atoms with Gasteiger partial charge in [-0.25, -0.2) is 0 Å². The summed E-state index contributed by atoms with van der Waals surface area (Å²) in [5.41, 5.74) is 12.6. The number of rotatable bonds is 10. The summed E-state index contributed by atoms with van der Waals surface area (Å²) in [6, 6.07) is 32.1. The Morgan fingerprint density at radius 3 is 1.84 bits per heavy atom. The van der Waals surface area contributed by atoms with Crippen LogP contribution in [0.25, 0.3) is 33.9 Å². The van der Waals surface area contributed by atoms with Gasteiger partial charge in [0.05, 0.1) is 0 Å². The van der Waals surface area contributed by atoms with Crippen LogP contribution >= 0.6 is 0 Å². The lowest BCUT2D eigenvalue weighted by atomic mass is 9.79. The summed E-state index contributed by atoms with van der Waals surface area (Å²) in [6.07, 6.45) is 10.6. The first-order chi connectivity index (χ1) is 20.9. The molecule has 1 atom stereocenters. The molecule has 0 saturated carbocycles. The molecular formula is C41H46N2. The average Bonchev–Trinajstić information content (AvgIpc) is 3.06. The van der Waals surface area contributed by atoms with Crippen LogP contribution in [0.2, 0.25) is 0 Å². The van der Waals surface area contributed by atoms with Gasteiger partial charge in [0, 0.05) is 22.8 Å². The van der Waals surface area contributed by atoms with Crippen molar-refractivity contribution >= 4 is 28.7 Å². The highest BCUT2D eigenvalue weighted by molar-refractivity contribution is 5.92. The number of nitrogens with one attached hydrogen (secondary N) is 2. The molecule has 2 nitrogen and oxygen atoms in total. The normalized spacial score (nSPS) is 12.9. The highest BCUT2D eigenvalue weighted by Gasteiger charge is 2.21. The second-order valence-electron chi connectivity index (χ2n) is 11.1. The average molecular weight is 567 g/mol. The molecule has 4 aromatic carbocycles. The topological polar surface area (TPSA) is 24.1 Å². The zero-order valence-corrected chi connectivity index (χ0v) is 26.5. The number of para-hydroxylation sites is 1. The van der Waals surface area contributed by atoms with Crippen LogP contribution in [0.4, 0.5) is 17.1 Å². The van der Waals surface area contributed by atoms with E-state index in [9.17, 15) is 0 Å². The van der Waals surface area contributed by atoms with Gasteiger partial charge in [0.15, 0.2) is 0 Å². The molecule has 0 amide bonds. The van der Waals surface area contributed by atoms with E-state index >= 15 is 0 Å². The van der Waals surface area contributed by atoms with Crippen LogP contribution in [0, 0.1) is 11.8 Å². The Labute approximate surface area is 259 Å². The van der Waals surface area contributed by atoms with Crippen LogP contribution in [0.15, 0.2) is 128 Å². The van der Waals surface area contributed by atoms with Gasteiger partial charge in [-0.2, -0.15) is 0 Å². The van der Waals surface area contributed by atoms with E-state index in [0.29, 0.717) is 11.8 Å². The zero-order valence-electron chi connectivity index (χ0n) is 26.5. The number of benzene rings is 4. The quantitative estimate of drug-likeness (QED) is 0.199. The Balaban J connectivity index is 0.00000207. The lowest BCUT2D eigenvalue weighted by molar-refractivity contribution is 0.519. The van der Waals surface area contributed by atoms with E-state index in [-0.39, 0.29) is 0 Å². The number of hydrogen-bond acceptors (Lipinski definition) is 2. The highest BCUT2D eigenvalue weighted by Crippen LogP contribution is 2.42. The molecule has 1 aliphatic rings. The lowest BCUT2D eigenvalue weighted by Crippen LogP contribution is -2.08. The summed E-state index contributed by atoms with van der Waals surface area (Å²) in [4.78, 5) is 0. The van der Waals surface area contributed by atoms with Crippen LogP contribution in [0.5, 0.6) is 0 Å². The molecular weight excluding hydrogens is 520 g/mol. The Morgan fingerprint density at radius 2 is 1.28 bits per heavy atom. The standard InChI is InChI=1S/C39H40N2.C2H6/c1-6-36-37(30-17-21-34(22-18-30)40-32-13-9-7-10-14-32)25-26-38(39(36)29(5)28(4)27(2)3)31-19-23-35(24-20-31)41-33-15-11-8-12-16-33;1-2/h6-11,13-15,17-28,40-41H,1,5,12,16H2,2-4H3;1-2H3. The van der Waals surface area contributed by atoms with Gasteiger partial charge in [0.1, 0.15) is 0 Å². The van der Waals surface area contributed by atoms with Crippen molar-refractivity contribution in [1.82, 2.24) is 0 Å². The molecule has 0 radical (unpaired) electrons. The molecule has 0 spiro atoms. The lowest BCUT2D eigenvalue weighted by Gasteiger charge is -2.25. The summed E-state index contributed by atoms with van der Waals surface area (Å²) >= 11 is 0. The van der Waals surface area contributed by atoms with E-state index < -0.39 is 0 Å². The van der Waals surface area contributed by atoms with Crippen molar-refractivity contribution in [2.45, 2.75) is 47.5 Å². The molecule has 0 aliphatic heterocycles. The molecule has 0 heterocycles. The first-order valence-electron chi connectivity index (χ1n) is 15.6. The van der Waals surface area contributed by atoms with Crippen molar-refractivity contribution in [3.8, 4) is 22.3 Å². The van der Waals surface area contributed by atoms with Gasteiger partial charge in [0.2, 0.25) is 0 Å². The van der Waals surface area contributed by atoms with E-state index in [4.69, 9.17) is 0 Å². The summed E-state index contributed by atoms with van der Waals surface area (Å²) in [5.74, 6) is 0.803. The molecule has 4 aromatic rings. The van der Waals surface area contributed by atoms with E-state index in [0.717, 1.165) is 52.2 Å². The van der Waals surface area contributed by atoms with Crippen LogP contribution in [0.3, 0.4) is 0 Å². The molecule has 0 fully saturated rings. The van der Waals surface area contributed by atoms with E-state index in [1.165, 1.54) is 22.4 Å². The summed E-state index contributed by atoms with van der Waals surface area (Å²) in [6.45, 7) is 19.7. The second-order valence-corrected chi connectivity index (χ2v) is 11.1. The fourth-order valence-electron chi connectivity index (χ4n) is 5.35. The number of hydrogen-bond donors (Lipinski definition) is 2. The minimum atomic E-state index is 0.326. The van der Waals surface area contributed by atoms with Crippen molar-refractivity contribution in [2.75, 3.05) is 10.6 Å². The monoisotopic (exact) mass is 566 g/mol. The predicted octanol–water partition coefficient (Wildman–Crippen LogP) is 12.4. The van der Waals surface area contributed by atoms with E-state index in [1.54, 1.807) is 0 Å². The van der Waals surface area contributed by atoms with Gasteiger partial charge >= 0.3 is 0 Å². The van der Waals surface area contributed by atoms with Crippen molar-refractivity contribution in [3.63, 3.8) is 0 Å². The van der Waals surface area contributed by atoms with Crippen molar-refractivity contribution in [1.29, 1.82) is 0 Å². The van der Waals surface area contributed by atoms with Gasteiger partial charge in [-0.05, 0) is 106 Å². The van der Waals surface area contributed by atoms with Crippen LogP contribution in [0.1, 0.15) is 58.6 Å². The van der Waals surface area contributed by atoms with Gasteiger partial charge in [-0.15, -0.1) is 0 Å². The minimum absolute atomic E-state index is 0.326. The molecule has 0 bridgehead atoms. The smallest absolute Gasteiger partial charge is 0.0384 e. The first-order valence-corrected chi connectivity index (χ1v) is 15.6. The molecule has 5 rings (SSSR count). The maximum atomic E-state index is 4.65. The largest absolute Gasteiger partial charge is 0.359 e. The molecule has 2 heteroatoms. The predicted molar refractivity (Wildman–Crippen MR) is 192 cm³/mol. The van der Waals surface area contributed by atoms with Gasteiger partial charge in [-0.3, -0.25) is 0 Å². The van der Waals surface area contributed by atoms with Gasteiger partial charge < -0.3 is 10.6 Å². The fraction of sp³-hybridized carbons (Fsp3) is 0.220. The SMILES string of the molecule is C=Cc1c(-c2ccc(Nc3ccccc3)cc2)ccc(-c2ccc(NC3=CC=CCC3)cc2)c1C(=C)C(C)C(C)C.CC. The minimum Gasteiger partial charge on any atom is -0.359 e. The van der Waals surface area contributed by atoms with Gasteiger partial charge in [0.25, 0.3) is 0 Å². The maximum absolute atomic E-state index is 4.65. The summed E-state index contributed by atoms with van der Waals surface area (Å²) in [7, 11) is 0. The molecule has 1 aliphatic carbocycles. The summed E-state index contributed by atoms with van der Waals surface area (Å²) < 4.78 is 0. The van der Waals surface area contributed by atoms with Crippen LogP contribution in [-0.4, -0.2) is 0 Å². The third kappa shape index (κ3) is 7.64. The fourth-order valence-corrected chi connectivity index (χ4v) is 5.35. The maximum Gasteiger partial charge on any atom is 0.0384 e. The summed E-state index contributed by atoms with van der Waals surface area (Å²) in [5, 5.41) is 7.06. The number of allylic oxidation sites excluding steroid dienone is 5. The van der Waals surface area contributed by atoms with Crippen molar-refractivity contribution in [2.24, 2.45) is 11.8 Å². The van der Waals surface area contributed by atoms with Crippen molar-refractivity contribution in [3.05, 3.63) is 139 Å². The van der Waals surface area contributed by atoms with Gasteiger partial charge in [-0.1, -0.05) is 121 Å². The molecule has 0 saturated heterocycles. The number of anilines is 3. The van der Waals surface area contributed by atoms with Crippen molar-refractivity contribution < 1.29 is 0 Å². The Morgan fingerprint density at radius 1 is 0.721 bits per heavy atom. The molecule has 1 unspecified atom stereocenters. The molecule has 2 N–H and O–H groups in total. The third-order valence-electron chi connectivity index (χ3n) is 8.09.